The summed E-state index contributed by atoms with van der Waals surface area (Å²) < 4.78 is 34.8. The van der Waals surface area contributed by atoms with Crippen LogP contribution < -0.4 is 14.4 Å². The van der Waals surface area contributed by atoms with Crippen molar-refractivity contribution in [3.63, 3.8) is 0 Å². The Balaban J connectivity index is 1.82. The largest absolute Gasteiger partial charge is 0.495 e. The average molecular weight is 614 g/mol. The fourth-order valence-electron chi connectivity index (χ4n) is 4.86. The van der Waals surface area contributed by atoms with E-state index in [4.69, 9.17) is 4.74 Å². The van der Waals surface area contributed by atoms with Crippen LogP contribution in [0.5, 0.6) is 5.75 Å². The molecule has 0 aliphatic rings. The van der Waals surface area contributed by atoms with Gasteiger partial charge in [-0.15, -0.1) is 0 Å². The van der Waals surface area contributed by atoms with Gasteiger partial charge in [-0.1, -0.05) is 91.0 Å². The molecule has 0 unspecified atom stereocenters. The molecule has 4 rings (SSSR count). The van der Waals surface area contributed by atoms with Crippen molar-refractivity contribution in [1.29, 1.82) is 0 Å². The lowest BCUT2D eigenvalue weighted by atomic mass is 10.0. The Morgan fingerprint density at radius 1 is 0.773 bits per heavy atom. The first-order valence-electron chi connectivity index (χ1n) is 14.4. The molecular weight excluding hydrogens is 574 g/mol. The molecule has 4 aromatic rings. The van der Waals surface area contributed by atoms with Crippen molar-refractivity contribution in [2.45, 2.75) is 50.2 Å². The van der Waals surface area contributed by atoms with E-state index in [1.165, 1.54) is 24.1 Å². The zero-order valence-electron chi connectivity index (χ0n) is 25.5. The van der Waals surface area contributed by atoms with E-state index in [1.54, 1.807) is 42.5 Å². The monoisotopic (exact) mass is 613 g/mol. The lowest BCUT2D eigenvalue weighted by molar-refractivity contribution is -0.140. The van der Waals surface area contributed by atoms with Gasteiger partial charge in [0.25, 0.3) is 10.0 Å². The molecule has 230 valence electrons. The van der Waals surface area contributed by atoms with Gasteiger partial charge in [0, 0.05) is 18.5 Å². The maximum atomic E-state index is 14.5. The highest BCUT2D eigenvalue weighted by molar-refractivity contribution is 7.92. The predicted octanol–water partition coefficient (Wildman–Crippen LogP) is 5.45. The Labute approximate surface area is 260 Å². The molecule has 0 bridgehead atoms. The van der Waals surface area contributed by atoms with Crippen molar-refractivity contribution in [3.8, 4) is 5.75 Å². The minimum absolute atomic E-state index is 0.0274. The summed E-state index contributed by atoms with van der Waals surface area (Å²) in [6.45, 7) is 5.18. The first kappa shape index (κ1) is 32.3. The normalized spacial score (nSPS) is 12.2. The maximum absolute atomic E-state index is 14.5. The molecule has 0 saturated heterocycles. The van der Waals surface area contributed by atoms with Gasteiger partial charge in [0.05, 0.1) is 17.7 Å². The molecule has 0 aliphatic heterocycles. The van der Waals surface area contributed by atoms with Crippen LogP contribution in [0.2, 0.25) is 0 Å². The quantitative estimate of drug-likeness (QED) is 0.230. The number of hydrogen-bond acceptors (Lipinski definition) is 5. The van der Waals surface area contributed by atoms with Gasteiger partial charge in [-0.05, 0) is 56.2 Å². The number of nitrogens with one attached hydrogen (secondary N) is 1. The Hall–Kier alpha value is -4.63. The number of nitrogens with zero attached hydrogens (tertiary/aromatic N) is 2. The van der Waals surface area contributed by atoms with Gasteiger partial charge in [-0.3, -0.25) is 13.9 Å². The lowest BCUT2D eigenvalue weighted by Gasteiger charge is -2.35. The summed E-state index contributed by atoms with van der Waals surface area (Å²) in [5, 5.41) is 3.04. The second kappa shape index (κ2) is 14.2. The molecule has 1 N–H and O–H groups in total. The molecule has 0 aromatic heterocycles. The number of methoxy groups -OCH3 is 1. The molecule has 8 nitrogen and oxygen atoms in total. The van der Waals surface area contributed by atoms with Crippen LogP contribution in [-0.4, -0.2) is 50.4 Å². The van der Waals surface area contributed by atoms with Crippen molar-refractivity contribution < 1.29 is 22.7 Å². The Morgan fingerprint density at radius 2 is 1.30 bits per heavy atom. The van der Waals surface area contributed by atoms with Gasteiger partial charge in [-0.2, -0.15) is 0 Å². The fraction of sp³-hybridized carbons (Fsp3) is 0.257. The second-order valence-corrected chi connectivity index (χ2v) is 13.3. The van der Waals surface area contributed by atoms with Crippen LogP contribution in [0.25, 0.3) is 0 Å². The summed E-state index contributed by atoms with van der Waals surface area (Å²) in [5.41, 5.74) is 1.32. The summed E-state index contributed by atoms with van der Waals surface area (Å²) in [4.78, 5) is 29.9. The zero-order valence-corrected chi connectivity index (χ0v) is 26.3. The molecule has 0 spiro atoms. The topological polar surface area (TPSA) is 96.0 Å². The highest BCUT2D eigenvalue weighted by Crippen LogP contribution is 2.32. The number of ether oxygens (including phenoxy) is 1. The molecule has 0 aliphatic carbocycles. The molecule has 2 amide bonds. The number of hydrogen-bond donors (Lipinski definition) is 1. The fourth-order valence-corrected chi connectivity index (χ4v) is 6.30. The average Bonchev–Trinajstić information content (AvgIpc) is 3.02. The predicted molar refractivity (Wildman–Crippen MR) is 173 cm³/mol. The van der Waals surface area contributed by atoms with Gasteiger partial charge in [0.2, 0.25) is 11.8 Å². The van der Waals surface area contributed by atoms with Gasteiger partial charge >= 0.3 is 0 Å². The summed E-state index contributed by atoms with van der Waals surface area (Å²) in [6, 6.07) is 32.5. The van der Waals surface area contributed by atoms with Crippen LogP contribution in [0.1, 0.15) is 31.9 Å². The first-order valence-corrected chi connectivity index (χ1v) is 15.8. The van der Waals surface area contributed by atoms with Crippen molar-refractivity contribution in [1.82, 2.24) is 10.2 Å². The van der Waals surface area contributed by atoms with Crippen LogP contribution in [0.4, 0.5) is 5.69 Å². The Bertz CT molecular complexity index is 1640. The Kier molecular flexibility index (Phi) is 10.4. The molecule has 0 heterocycles. The van der Waals surface area contributed by atoms with E-state index in [2.05, 4.69) is 5.32 Å². The van der Waals surface area contributed by atoms with E-state index >= 15 is 0 Å². The van der Waals surface area contributed by atoms with E-state index in [0.717, 1.165) is 15.4 Å². The summed E-state index contributed by atoms with van der Waals surface area (Å²) >= 11 is 0. The van der Waals surface area contributed by atoms with Crippen molar-refractivity contribution in [2.24, 2.45) is 0 Å². The molecule has 0 saturated carbocycles. The molecule has 0 fully saturated rings. The van der Waals surface area contributed by atoms with E-state index in [9.17, 15) is 18.0 Å². The molecule has 0 radical (unpaired) electrons. The number of carbonyl (C=O) groups is 2. The minimum atomic E-state index is -4.22. The first-order chi connectivity index (χ1) is 21.0. The highest BCUT2D eigenvalue weighted by atomic mass is 32.2. The number of amides is 2. The summed E-state index contributed by atoms with van der Waals surface area (Å²) in [7, 11) is -2.77. The minimum Gasteiger partial charge on any atom is -0.495 e. The van der Waals surface area contributed by atoms with Gasteiger partial charge < -0.3 is 15.0 Å². The van der Waals surface area contributed by atoms with Crippen molar-refractivity contribution in [3.05, 3.63) is 126 Å². The third kappa shape index (κ3) is 8.26. The third-order valence-electron chi connectivity index (χ3n) is 6.93. The van der Waals surface area contributed by atoms with Crippen molar-refractivity contribution >= 4 is 27.5 Å². The zero-order chi connectivity index (χ0) is 31.7. The number of sulfonamides is 1. The maximum Gasteiger partial charge on any atom is 0.264 e. The van der Waals surface area contributed by atoms with Crippen LogP contribution in [-0.2, 0) is 32.6 Å². The second-order valence-electron chi connectivity index (χ2n) is 11.4. The molecular formula is C35H39N3O5S. The number of benzene rings is 4. The highest BCUT2D eigenvalue weighted by Gasteiger charge is 2.36. The third-order valence-corrected chi connectivity index (χ3v) is 8.70. The lowest BCUT2D eigenvalue weighted by Crippen LogP contribution is -2.56. The van der Waals surface area contributed by atoms with E-state index in [0.29, 0.717) is 5.75 Å². The standard InChI is InChI=1S/C35H39N3O5S/c1-35(2,3)36-34(40)31(24-27-16-8-5-9-17-27)37(25-28-18-10-6-11-19-28)33(39)26-38(30-22-14-15-23-32(30)43-4)44(41,42)29-20-12-7-13-21-29/h5-23,31H,24-26H2,1-4H3,(H,36,40)/t31-/m1/s1. The number of para-hydroxylation sites is 2. The molecule has 4 aromatic carbocycles. The van der Waals surface area contributed by atoms with Gasteiger partial charge in [-0.25, -0.2) is 8.42 Å². The smallest absolute Gasteiger partial charge is 0.264 e. The number of anilines is 1. The summed E-state index contributed by atoms with van der Waals surface area (Å²) in [6.07, 6.45) is 0.238. The van der Waals surface area contributed by atoms with Crippen LogP contribution in [0.15, 0.2) is 120 Å². The van der Waals surface area contributed by atoms with Gasteiger partial charge in [0.15, 0.2) is 0 Å². The van der Waals surface area contributed by atoms with Crippen molar-refractivity contribution in [2.75, 3.05) is 18.0 Å². The van der Waals surface area contributed by atoms with E-state index < -0.39 is 34.1 Å². The molecule has 9 heteroatoms. The summed E-state index contributed by atoms with van der Waals surface area (Å²) in [5.74, 6) is -0.578. The number of rotatable bonds is 12. The van der Waals surface area contributed by atoms with E-state index in [1.807, 2.05) is 81.4 Å². The molecule has 1 atom stereocenters. The van der Waals surface area contributed by atoms with Crippen LogP contribution in [0.3, 0.4) is 0 Å². The Morgan fingerprint density at radius 3 is 1.86 bits per heavy atom. The number of carbonyl (C=O) groups excluding carboxylic acids is 2. The van der Waals surface area contributed by atoms with Crippen LogP contribution >= 0.6 is 0 Å². The van der Waals surface area contributed by atoms with Gasteiger partial charge in [0.1, 0.15) is 18.3 Å². The van der Waals surface area contributed by atoms with Crippen LogP contribution in [0, 0.1) is 0 Å². The SMILES string of the molecule is COc1ccccc1N(CC(=O)N(Cc1ccccc1)[C@H](Cc1ccccc1)C(=O)NC(C)(C)C)S(=O)(=O)c1ccccc1. The van der Waals surface area contributed by atoms with E-state index in [-0.39, 0.29) is 29.5 Å². The molecule has 44 heavy (non-hydrogen) atoms.